The Balaban J connectivity index is 2.06. The number of ether oxygens (including phenoxy) is 1. The smallest absolute Gasteiger partial charge is 0.387 e. The Morgan fingerprint density at radius 2 is 2.32 bits per heavy atom. The number of likely N-dealkylation sites (N-methyl/N-ethyl adjacent to an activating group) is 1. The molecule has 6 nitrogen and oxygen atoms in total. The number of alkyl halides is 2. The van der Waals surface area contributed by atoms with Crippen LogP contribution in [-0.4, -0.2) is 42.1 Å². The molecular weight excluding hydrogens is 296 g/mol. The molecule has 0 amide bonds. The Hall–Kier alpha value is -1.96. The van der Waals surface area contributed by atoms with Crippen LogP contribution in [0.4, 0.5) is 20.2 Å². The van der Waals surface area contributed by atoms with Crippen LogP contribution in [-0.2, 0) is 0 Å². The third kappa shape index (κ3) is 4.03. The van der Waals surface area contributed by atoms with E-state index in [2.05, 4.69) is 21.9 Å². The van der Waals surface area contributed by atoms with E-state index in [0.29, 0.717) is 18.3 Å². The Labute approximate surface area is 127 Å². The Morgan fingerprint density at radius 1 is 1.55 bits per heavy atom. The molecule has 122 valence electrons. The summed E-state index contributed by atoms with van der Waals surface area (Å²) in [6.07, 6.45) is 2.22. The monoisotopic (exact) mass is 315 g/mol. The van der Waals surface area contributed by atoms with E-state index in [1.54, 1.807) is 0 Å². The molecule has 0 bridgehead atoms. The van der Waals surface area contributed by atoms with Crippen LogP contribution in [0.15, 0.2) is 18.2 Å². The van der Waals surface area contributed by atoms with E-state index in [4.69, 9.17) is 0 Å². The molecule has 1 heterocycles. The highest BCUT2D eigenvalue weighted by Gasteiger charge is 2.23. The number of nitrogens with one attached hydrogen (secondary N) is 1. The van der Waals surface area contributed by atoms with E-state index < -0.39 is 23.0 Å². The first kappa shape index (κ1) is 16.4. The van der Waals surface area contributed by atoms with Crippen molar-refractivity contribution in [1.29, 1.82) is 0 Å². The Morgan fingerprint density at radius 3 is 2.95 bits per heavy atom. The van der Waals surface area contributed by atoms with E-state index in [9.17, 15) is 18.9 Å². The van der Waals surface area contributed by atoms with E-state index in [1.807, 2.05) is 0 Å². The molecule has 22 heavy (non-hydrogen) atoms. The first-order chi connectivity index (χ1) is 10.5. The number of nitrogens with zero attached hydrogens (tertiary/aromatic N) is 2. The highest BCUT2D eigenvalue weighted by molar-refractivity contribution is 5.58. The lowest BCUT2D eigenvalue weighted by molar-refractivity contribution is -0.386. The number of anilines is 1. The molecule has 0 aromatic heterocycles. The van der Waals surface area contributed by atoms with Gasteiger partial charge in [-0.25, -0.2) is 0 Å². The molecule has 1 aromatic rings. The second kappa shape index (κ2) is 7.35. The summed E-state index contributed by atoms with van der Waals surface area (Å²) in [5.74, 6) is -0.427. The van der Waals surface area contributed by atoms with Crippen LogP contribution in [0.3, 0.4) is 0 Å². The van der Waals surface area contributed by atoms with Gasteiger partial charge in [0, 0.05) is 30.4 Å². The van der Waals surface area contributed by atoms with Crippen LogP contribution in [0.25, 0.3) is 0 Å². The molecule has 1 N–H and O–H groups in total. The highest BCUT2D eigenvalue weighted by Crippen LogP contribution is 2.31. The van der Waals surface area contributed by atoms with Gasteiger partial charge in [-0.2, -0.15) is 8.78 Å². The molecule has 0 spiro atoms. The van der Waals surface area contributed by atoms with Gasteiger partial charge in [-0.15, -0.1) is 0 Å². The summed E-state index contributed by atoms with van der Waals surface area (Å²) in [4.78, 5) is 12.4. The fraction of sp³-hybridized carbons (Fsp3) is 0.571. The summed E-state index contributed by atoms with van der Waals surface area (Å²) >= 11 is 0. The fourth-order valence-electron chi connectivity index (χ4n) is 2.74. The van der Waals surface area contributed by atoms with Gasteiger partial charge in [0.25, 0.3) is 0 Å². The number of benzene rings is 1. The van der Waals surface area contributed by atoms with Gasteiger partial charge in [0.15, 0.2) is 0 Å². The van der Waals surface area contributed by atoms with Crippen molar-refractivity contribution in [2.24, 2.45) is 0 Å². The largest absolute Gasteiger partial charge is 0.427 e. The summed E-state index contributed by atoms with van der Waals surface area (Å²) in [7, 11) is 0. The predicted octanol–water partition coefficient (Wildman–Crippen LogP) is 3.09. The molecule has 8 heteroatoms. The summed E-state index contributed by atoms with van der Waals surface area (Å²) < 4.78 is 28.9. The van der Waals surface area contributed by atoms with Crippen LogP contribution < -0.4 is 10.1 Å². The first-order valence-electron chi connectivity index (χ1n) is 7.22. The van der Waals surface area contributed by atoms with Crippen LogP contribution >= 0.6 is 0 Å². The van der Waals surface area contributed by atoms with Crippen LogP contribution in [0.2, 0.25) is 0 Å². The zero-order valence-corrected chi connectivity index (χ0v) is 12.3. The molecule has 0 saturated carbocycles. The zero-order valence-electron chi connectivity index (χ0n) is 12.3. The first-order valence-corrected chi connectivity index (χ1v) is 7.22. The normalized spacial score (nSPS) is 18.6. The minimum absolute atomic E-state index is 0.389. The second-order valence-corrected chi connectivity index (χ2v) is 5.12. The second-order valence-electron chi connectivity index (χ2n) is 5.12. The van der Waals surface area contributed by atoms with Gasteiger partial charge in [-0.1, -0.05) is 6.92 Å². The van der Waals surface area contributed by atoms with E-state index in [1.165, 1.54) is 18.2 Å². The molecule has 2 rings (SSSR count). The zero-order chi connectivity index (χ0) is 16.1. The van der Waals surface area contributed by atoms with E-state index >= 15 is 0 Å². The number of halogens is 2. The third-order valence-corrected chi connectivity index (χ3v) is 3.82. The number of nitro benzene ring substituents is 1. The molecule has 1 unspecified atom stereocenters. The number of rotatable bonds is 7. The maximum Gasteiger partial charge on any atom is 0.387 e. The van der Waals surface area contributed by atoms with Gasteiger partial charge in [-0.05, 0) is 32.0 Å². The van der Waals surface area contributed by atoms with Crippen molar-refractivity contribution < 1.29 is 18.4 Å². The lowest BCUT2D eigenvalue weighted by Gasteiger charge is -2.23. The average Bonchev–Trinajstić information content (AvgIpc) is 2.91. The number of nitro groups is 1. The van der Waals surface area contributed by atoms with Crippen molar-refractivity contribution in [3.63, 3.8) is 0 Å². The van der Waals surface area contributed by atoms with E-state index in [-0.39, 0.29) is 0 Å². The van der Waals surface area contributed by atoms with Crippen molar-refractivity contribution in [1.82, 2.24) is 4.90 Å². The molecule has 1 atom stereocenters. The maximum absolute atomic E-state index is 12.4. The van der Waals surface area contributed by atoms with Crippen molar-refractivity contribution in [2.45, 2.75) is 32.4 Å². The Kier molecular flexibility index (Phi) is 5.48. The molecule has 1 fully saturated rings. The topological polar surface area (TPSA) is 67.6 Å². The summed E-state index contributed by atoms with van der Waals surface area (Å²) in [6, 6.07) is 4.31. The van der Waals surface area contributed by atoms with Crippen LogP contribution in [0.5, 0.6) is 5.75 Å². The summed E-state index contributed by atoms with van der Waals surface area (Å²) in [6.45, 7) is 1.69. The lowest BCUT2D eigenvalue weighted by Crippen LogP contribution is -2.34. The lowest BCUT2D eigenvalue weighted by atomic mass is 10.2. The minimum atomic E-state index is -3.10. The molecule has 0 aliphatic carbocycles. The molecule has 1 aromatic carbocycles. The molecule has 1 aliphatic heterocycles. The van der Waals surface area contributed by atoms with Crippen molar-refractivity contribution >= 4 is 11.4 Å². The van der Waals surface area contributed by atoms with E-state index in [0.717, 1.165) is 25.9 Å². The molecule has 0 radical (unpaired) electrons. The maximum atomic E-state index is 12.4. The fourth-order valence-corrected chi connectivity index (χ4v) is 2.74. The standard InChI is InChI=1S/C14H19F2N3O3/c1-2-18-7-3-4-11(18)9-17-10-5-6-12(19(20)21)13(8-10)22-14(15)16/h5-6,8,11,14,17H,2-4,7,9H2,1H3. The quantitative estimate of drug-likeness (QED) is 0.618. The molecular formula is C14H19F2N3O3. The van der Waals surface area contributed by atoms with Crippen LogP contribution in [0, 0.1) is 10.1 Å². The number of hydrogen-bond acceptors (Lipinski definition) is 5. The third-order valence-electron chi connectivity index (χ3n) is 3.82. The summed E-state index contributed by atoms with van der Waals surface area (Å²) in [5, 5.41) is 14.0. The minimum Gasteiger partial charge on any atom is -0.427 e. The van der Waals surface area contributed by atoms with Gasteiger partial charge in [0.05, 0.1) is 4.92 Å². The highest BCUT2D eigenvalue weighted by atomic mass is 19.3. The number of likely N-dealkylation sites (tertiary alicyclic amines) is 1. The van der Waals surface area contributed by atoms with Gasteiger partial charge < -0.3 is 10.1 Å². The molecule has 1 aliphatic rings. The van der Waals surface area contributed by atoms with Gasteiger partial charge >= 0.3 is 12.3 Å². The van der Waals surface area contributed by atoms with Crippen molar-refractivity contribution in [3.05, 3.63) is 28.3 Å². The molecule has 1 saturated heterocycles. The average molecular weight is 315 g/mol. The number of hydrogen-bond donors (Lipinski definition) is 1. The predicted molar refractivity (Wildman–Crippen MR) is 78.5 cm³/mol. The Bertz CT molecular complexity index is 528. The van der Waals surface area contributed by atoms with Crippen molar-refractivity contribution in [3.8, 4) is 5.75 Å². The van der Waals surface area contributed by atoms with Gasteiger partial charge in [0.1, 0.15) is 0 Å². The van der Waals surface area contributed by atoms with Crippen LogP contribution in [0.1, 0.15) is 19.8 Å². The van der Waals surface area contributed by atoms with Gasteiger partial charge in [-0.3, -0.25) is 15.0 Å². The van der Waals surface area contributed by atoms with Crippen molar-refractivity contribution in [2.75, 3.05) is 25.0 Å². The summed E-state index contributed by atoms with van der Waals surface area (Å²) in [5.41, 5.74) is 0.0612. The van der Waals surface area contributed by atoms with Gasteiger partial charge in [0.2, 0.25) is 5.75 Å². The SMILES string of the molecule is CCN1CCCC1CNc1ccc([N+](=O)[O-])c(OC(F)F)c1.